The van der Waals surface area contributed by atoms with Crippen LogP contribution in [0.2, 0.25) is 0 Å². The molecule has 2 aromatic carbocycles. The van der Waals surface area contributed by atoms with Crippen molar-refractivity contribution in [2.24, 2.45) is 0 Å². The van der Waals surface area contributed by atoms with Crippen LogP contribution < -0.4 is 10.1 Å². The van der Waals surface area contributed by atoms with Crippen LogP contribution in [0.25, 0.3) is 0 Å². The first-order chi connectivity index (χ1) is 10.2. The zero-order chi connectivity index (χ0) is 15.1. The van der Waals surface area contributed by atoms with E-state index >= 15 is 0 Å². The predicted octanol–water partition coefficient (Wildman–Crippen LogP) is 4.11. The van der Waals surface area contributed by atoms with E-state index in [1.807, 2.05) is 12.1 Å². The van der Waals surface area contributed by atoms with Gasteiger partial charge in [-0.25, -0.2) is 0 Å². The van der Waals surface area contributed by atoms with Crippen molar-refractivity contribution in [3.05, 3.63) is 65.2 Å². The molecule has 21 heavy (non-hydrogen) atoms. The quantitative estimate of drug-likeness (QED) is 0.772. The Morgan fingerprint density at radius 1 is 0.952 bits per heavy atom. The lowest BCUT2D eigenvalue weighted by Crippen LogP contribution is -2.18. The molecule has 0 aromatic heterocycles. The fourth-order valence-corrected chi connectivity index (χ4v) is 2.36. The fraction of sp³-hybridized carbons (Fsp3) is 0.368. The lowest BCUT2D eigenvalue weighted by Gasteiger charge is -2.14. The first-order valence-corrected chi connectivity index (χ1v) is 7.66. The molecule has 2 aromatic rings. The highest BCUT2D eigenvalue weighted by molar-refractivity contribution is 5.33. The monoisotopic (exact) mass is 283 g/mol. The van der Waals surface area contributed by atoms with Crippen LogP contribution >= 0.6 is 0 Å². The van der Waals surface area contributed by atoms with Crippen LogP contribution in [0.5, 0.6) is 5.75 Å². The van der Waals surface area contributed by atoms with Gasteiger partial charge in [-0.3, -0.25) is 0 Å². The van der Waals surface area contributed by atoms with Gasteiger partial charge in [-0.1, -0.05) is 42.5 Å². The molecule has 0 spiro atoms. The molecule has 0 amide bonds. The number of nitrogens with one attached hydrogen (secondary N) is 1. The molecule has 0 aliphatic carbocycles. The molecule has 2 nitrogen and oxygen atoms in total. The number of rotatable bonds is 7. The number of hydrogen-bond acceptors (Lipinski definition) is 2. The lowest BCUT2D eigenvalue weighted by atomic mass is 10.1. The Morgan fingerprint density at radius 2 is 1.62 bits per heavy atom. The summed E-state index contributed by atoms with van der Waals surface area (Å²) in [7, 11) is 0. The summed E-state index contributed by atoms with van der Waals surface area (Å²) in [6, 6.07) is 16.8. The summed E-state index contributed by atoms with van der Waals surface area (Å²) in [4.78, 5) is 0. The van der Waals surface area contributed by atoms with Crippen molar-refractivity contribution >= 4 is 0 Å². The van der Waals surface area contributed by atoms with E-state index in [1.54, 1.807) is 0 Å². The average molecular weight is 283 g/mol. The summed E-state index contributed by atoms with van der Waals surface area (Å²) < 4.78 is 5.84. The second kappa shape index (κ2) is 7.84. The Kier molecular flexibility index (Phi) is 5.82. The zero-order valence-corrected chi connectivity index (χ0v) is 13.2. The smallest absolute Gasteiger partial charge is 0.124 e. The second-order valence-corrected chi connectivity index (χ2v) is 5.63. The fourth-order valence-electron chi connectivity index (χ4n) is 2.36. The van der Waals surface area contributed by atoms with Crippen LogP contribution in [-0.4, -0.2) is 12.6 Å². The summed E-state index contributed by atoms with van der Waals surface area (Å²) in [5.74, 6) is 0.982. The predicted molar refractivity (Wildman–Crippen MR) is 88.8 cm³/mol. The van der Waals surface area contributed by atoms with Crippen molar-refractivity contribution in [1.82, 2.24) is 5.32 Å². The molecule has 0 aliphatic rings. The van der Waals surface area contributed by atoms with Crippen molar-refractivity contribution in [3.8, 4) is 5.75 Å². The molecule has 0 atom stereocenters. The van der Waals surface area contributed by atoms with Gasteiger partial charge < -0.3 is 10.1 Å². The van der Waals surface area contributed by atoms with Crippen LogP contribution in [0.3, 0.4) is 0 Å². The Hall–Kier alpha value is -1.80. The van der Waals surface area contributed by atoms with Gasteiger partial charge in [-0.2, -0.15) is 0 Å². The molecule has 1 N–H and O–H groups in total. The summed E-state index contributed by atoms with van der Waals surface area (Å²) in [5, 5.41) is 3.51. The molecular weight excluding hydrogens is 258 g/mol. The molecular formula is C19H25NO. The highest BCUT2D eigenvalue weighted by atomic mass is 16.5. The minimum Gasteiger partial charge on any atom is -0.491 e. The Morgan fingerprint density at radius 3 is 2.33 bits per heavy atom. The Labute approximate surface area is 128 Å². The molecule has 0 saturated heterocycles. The summed E-state index contributed by atoms with van der Waals surface area (Å²) in [5.41, 5.74) is 4.00. The first-order valence-electron chi connectivity index (χ1n) is 7.66. The molecule has 0 saturated carbocycles. The van der Waals surface area contributed by atoms with E-state index in [1.165, 1.54) is 16.7 Å². The minimum absolute atomic E-state index is 0.207. The van der Waals surface area contributed by atoms with Gasteiger partial charge in [0.05, 0.1) is 6.10 Å². The third kappa shape index (κ3) is 4.91. The van der Waals surface area contributed by atoms with Crippen LogP contribution in [-0.2, 0) is 13.0 Å². The summed E-state index contributed by atoms with van der Waals surface area (Å²) in [6.07, 6.45) is 1.26. The van der Waals surface area contributed by atoms with Gasteiger partial charge in [-0.05, 0) is 50.9 Å². The summed E-state index contributed by atoms with van der Waals surface area (Å²) >= 11 is 0. The molecule has 0 fully saturated rings. The second-order valence-electron chi connectivity index (χ2n) is 5.63. The average Bonchev–Trinajstić information content (AvgIpc) is 2.46. The maximum atomic E-state index is 5.84. The van der Waals surface area contributed by atoms with E-state index < -0.39 is 0 Å². The molecule has 2 rings (SSSR count). The highest BCUT2D eigenvalue weighted by Crippen LogP contribution is 2.19. The third-order valence-corrected chi connectivity index (χ3v) is 3.48. The largest absolute Gasteiger partial charge is 0.491 e. The van der Waals surface area contributed by atoms with Crippen LogP contribution in [0.1, 0.15) is 30.5 Å². The molecule has 0 aliphatic heterocycles. The SMILES string of the molecule is Cc1ccccc1CCNCc1ccccc1OC(C)C. The summed E-state index contributed by atoms with van der Waals surface area (Å²) in [6.45, 7) is 8.10. The molecule has 0 unspecified atom stereocenters. The minimum atomic E-state index is 0.207. The van der Waals surface area contributed by atoms with Gasteiger partial charge in [0, 0.05) is 12.1 Å². The van der Waals surface area contributed by atoms with Gasteiger partial charge in [0.15, 0.2) is 0 Å². The molecule has 0 bridgehead atoms. The van der Waals surface area contributed by atoms with Crippen LogP contribution in [0.15, 0.2) is 48.5 Å². The van der Waals surface area contributed by atoms with Gasteiger partial charge in [0.25, 0.3) is 0 Å². The number of benzene rings is 2. The number of hydrogen-bond donors (Lipinski definition) is 1. The standard InChI is InChI=1S/C19H25NO/c1-15(2)21-19-11-7-6-10-18(19)14-20-13-12-17-9-5-4-8-16(17)3/h4-11,15,20H,12-14H2,1-3H3. The van der Waals surface area contributed by atoms with Crippen LogP contribution in [0.4, 0.5) is 0 Å². The van der Waals surface area contributed by atoms with E-state index in [2.05, 4.69) is 62.5 Å². The van der Waals surface area contributed by atoms with E-state index in [0.29, 0.717) is 0 Å². The molecule has 2 heteroatoms. The molecule has 0 heterocycles. The van der Waals surface area contributed by atoms with E-state index in [4.69, 9.17) is 4.74 Å². The molecule has 0 radical (unpaired) electrons. The third-order valence-electron chi connectivity index (χ3n) is 3.48. The van der Waals surface area contributed by atoms with E-state index in [0.717, 1.165) is 25.3 Å². The molecule has 112 valence electrons. The maximum absolute atomic E-state index is 5.84. The van der Waals surface area contributed by atoms with Crippen molar-refractivity contribution in [2.75, 3.05) is 6.54 Å². The Bertz CT molecular complexity index is 563. The maximum Gasteiger partial charge on any atom is 0.124 e. The highest BCUT2D eigenvalue weighted by Gasteiger charge is 2.04. The lowest BCUT2D eigenvalue weighted by molar-refractivity contribution is 0.239. The topological polar surface area (TPSA) is 21.3 Å². The van der Waals surface area contributed by atoms with Gasteiger partial charge in [0.2, 0.25) is 0 Å². The normalized spacial score (nSPS) is 10.9. The van der Waals surface area contributed by atoms with Crippen molar-refractivity contribution in [2.45, 2.75) is 39.8 Å². The Balaban J connectivity index is 1.85. The number of ether oxygens (including phenoxy) is 1. The van der Waals surface area contributed by atoms with Gasteiger partial charge in [-0.15, -0.1) is 0 Å². The van der Waals surface area contributed by atoms with Crippen molar-refractivity contribution in [3.63, 3.8) is 0 Å². The zero-order valence-electron chi connectivity index (χ0n) is 13.2. The van der Waals surface area contributed by atoms with Crippen LogP contribution in [0, 0.1) is 6.92 Å². The van der Waals surface area contributed by atoms with E-state index in [9.17, 15) is 0 Å². The van der Waals surface area contributed by atoms with Crippen molar-refractivity contribution < 1.29 is 4.74 Å². The van der Waals surface area contributed by atoms with Gasteiger partial charge >= 0.3 is 0 Å². The first kappa shape index (κ1) is 15.6. The number of para-hydroxylation sites is 1. The van der Waals surface area contributed by atoms with E-state index in [-0.39, 0.29) is 6.10 Å². The van der Waals surface area contributed by atoms with Crippen molar-refractivity contribution in [1.29, 1.82) is 0 Å². The number of aryl methyl sites for hydroxylation is 1. The van der Waals surface area contributed by atoms with Gasteiger partial charge in [0.1, 0.15) is 5.75 Å².